The summed E-state index contributed by atoms with van der Waals surface area (Å²) in [6, 6.07) is 19.1. The van der Waals surface area contributed by atoms with Crippen molar-refractivity contribution in [3.05, 3.63) is 94.0 Å². The van der Waals surface area contributed by atoms with Crippen LogP contribution < -0.4 is 85.8 Å². The van der Waals surface area contributed by atoms with Crippen LogP contribution in [-0.4, -0.2) is 156 Å². The molecule has 75 heavy (non-hydrogen) atoms. The van der Waals surface area contributed by atoms with E-state index in [0.717, 1.165) is 33.4 Å². The zero-order valence-electron chi connectivity index (χ0n) is 44.6. The molecule has 6 unspecified atom stereocenters. The minimum absolute atomic E-state index is 0. The molecule has 0 spiro atoms. The minimum atomic E-state index is -1.19. The number of hydrogen-bond donors (Lipinski definition) is 0. The van der Waals surface area contributed by atoms with E-state index in [1.54, 1.807) is 56.9 Å². The lowest BCUT2D eigenvalue weighted by molar-refractivity contribution is -0.943. The van der Waals surface area contributed by atoms with Crippen molar-refractivity contribution < 1.29 is 133 Å². The summed E-state index contributed by atoms with van der Waals surface area (Å²) in [5.74, 6) is 3.48. The van der Waals surface area contributed by atoms with E-state index in [2.05, 4.69) is 0 Å². The van der Waals surface area contributed by atoms with Gasteiger partial charge in [-0.05, 0) is 90.0 Å². The van der Waals surface area contributed by atoms with Crippen LogP contribution >= 0.6 is 0 Å². The van der Waals surface area contributed by atoms with Gasteiger partial charge in [0.1, 0.15) is 25.2 Å². The van der Waals surface area contributed by atoms with Crippen molar-refractivity contribution in [1.29, 1.82) is 0 Å². The minimum Gasteiger partial charge on any atom is -1.00 e. The third kappa shape index (κ3) is 14.9. The Balaban J connectivity index is 0.00000608. The summed E-state index contributed by atoms with van der Waals surface area (Å²) >= 11 is 0. The van der Waals surface area contributed by atoms with Gasteiger partial charge in [0.25, 0.3) is 12.9 Å². The predicted octanol–water partition coefficient (Wildman–Crippen LogP) is 0.377. The van der Waals surface area contributed by atoms with Crippen molar-refractivity contribution in [2.24, 2.45) is 0 Å². The molecule has 0 bridgehead atoms. The summed E-state index contributed by atoms with van der Waals surface area (Å²) in [6.07, 6.45) is 1.52. The molecule has 18 nitrogen and oxygen atoms in total. The molecule has 0 radical (unpaired) electrons. The van der Waals surface area contributed by atoms with Crippen molar-refractivity contribution in [2.75, 3.05) is 110 Å². The second-order valence-electron chi connectivity index (χ2n) is 18.7. The first kappa shape index (κ1) is 62.1. The van der Waals surface area contributed by atoms with Crippen LogP contribution in [0, 0.1) is 0 Å². The zero-order valence-corrected chi connectivity index (χ0v) is 48.9. The van der Waals surface area contributed by atoms with Crippen LogP contribution in [0.5, 0.6) is 46.0 Å². The van der Waals surface area contributed by atoms with Crippen molar-refractivity contribution in [3.63, 3.8) is 0 Å². The highest BCUT2D eigenvalue weighted by molar-refractivity contribution is 5.76. The summed E-state index contributed by atoms with van der Waals surface area (Å²) in [7, 11) is 16.8. The van der Waals surface area contributed by atoms with Gasteiger partial charge in [-0.25, -0.2) is 9.59 Å². The molecule has 2 aliphatic rings. The standard InChI is InChI=1S/C55H72N2O16.2HI/c1-56(20-18-38-28-48(66-7)50(68-9)30-40(38)42(56)24-36-14-16-44(62-3)46(26-36)64-5)32-52(72-34-58)54(60)70-22-12-11-13-23-71-55(61)53(73-35-59)33-57(2)21-19-39-29-49(67-8)51(69-10)31-41(39)43(57)25-37-15-17-45(63-4)47(27-37)65-6;;/h14-17,26-31,34-35,42-43,52-53H,11-13,18-25,32-33H2,1-10H3;2*1H/q+2;;/p-2. The van der Waals surface area contributed by atoms with E-state index >= 15 is 0 Å². The molecule has 6 atom stereocenters. The molecule has 0 aromatic heterocycles. The van der Waals surface area contributed by atoms with E-state index in [-0.39, 0.29) is 99.3 Å². The summed E-state index contributed by atoms with van der Waals surface area (Å²) < 4.78 is 68.0. The molecule has 2 heterocycles. The lowest BCUT2D eigenvalue weighted by Gasteiger charge is -2.46. The maximum atomic E-state index is 13.7. The SMILES string of the molecule is COc1ccc(CC2c3cc(OC)c(OC)cc3CC[N+]2(C)CC(OC=O)C(=O)OCCCCCOC(=O)C(C[N+]2(C)CCc3cc(OC)c(OC)cc3C2Cc2ccc(OC)c(OC)c2)OC=O)cc1OC.[I-].[I-]. The molecular formula is C55H72I2N2O16. The third-order valence-electron chi connectivity index (χ3n) is 14.5. The zero-order chi connectivity index (χ0) is 52.7. The smallest absolute Gasteiger partial charge is 0.353 e. The predicted molar refractivity (Wildman–Crippen MR) is 268 cm³/mol. The van der Waals surface area contributed by atoms with Crippen LogP contribution in [0.25, 0.3) is 0 Å². The van der Waals surface area contributed by atoms with Gasteiger partial charge in [-0.15, -0.1) is 0 Å². The highest BCUT2D eigenvalue weighted by atomic mass is 127. The van der Waals surface area contributed by atoms with E-state index < -0.39 is 24.1 Å². The number of unbranched alkanes of at least 4 members (excludes halogenated alkanes) is 2. The third-order valence-corrected chi connectivity index (χ3v) is 14.5. The van der Waals surface area contributed by atoms with Gasteiger partial charge in [0.2, 0.25) is 12.2 Å². The Morgan fingerprint density at radius 2 is 0.827 bits per heavy atom. The van der Waals surface area contributed by atoms with Crippen LogP contribution in [0.4, 0.5) is 0 Å². The fourth-order valence-electron chi connectivity index (χ4n) is 10.4. The molecule has 0 saturated heterocycles. The second kappa shape index (κ2) is 29.2. The fourth-order valence-corrected chi connectivity index (χ4v) is 10.4. The first-order valence-corrected chi connectivity index (χ1v) is 24.4. The number of ether oxygens (including phenoxy) is 12. The molecule has 20 heteroatoms. The number of esters is 2. The van der Waals surface area contributed by atoms with Crippen molar-refractivity contribution >= 4 is 24.9 Å². The van der Waals surface area contributed by atoms with Gasteiger partial charge in [0.15, 0.2) is 46.0 Å². The Morgan fingerprint density at radius 3 is 1.16 bits per heavy atom. The van der Waals surface area contributed by atoms with Gasteiger partial charge >= 0.3 is 11.9 Å². The molecule has 4 aromatic carbocycles. The number of carbonyl (C=O) groups excluding carboxylic acids is 4. The number of nitrogens with zero attached hydrogens (tertiary/aromatic N) is 2. The number of hydrogen-bond acceptors (Lipinski definition) is 16. The van der Waals surface area contributed by atoms with Gasteiger partial charge in [-0.2, -0.15) is 0 Å². The lowest BCUT2D eigenvalue weighted by Crippen LogP contribution is -3.00. The van der Waals surface area contributed by atoms with Crippen LogP contribution in [0.15, 0.2) is 60.7 Å². The Kier molecular flexibility index (Phi) is 24.1. The molecule has 4 aromatic rings. The molecule has 412 valence electrons. The Labute approximate surface area is 474 Å². The number of fused-ring (bicyclic) bond motifs is 2. The first-order chi connectivity index (χ1) is 35.2. The summed E-state index contributed by atoms with van der Waals surface area (Å²) in [5, 5.41) is 0. The molecule has 0 fully saturated rings. The van der Waals surface area contributed by atoms with Gasteiger partial charge in [0, 0.05) is 36.8 Å². The highest BCUT2D eigenvalue weighted by Crippen LogP contribution is 2.45. The molecule has 2 aliphatic heterocycles. The normalized spacial score (nSPS) is 19.1. The quantitative estimate of drug-likeness (QED) is 0.0190. The summed E-state index contributed by atoms with van der Waals surface area (Å²) in [4.78, 5) is 51.2. The van der Waals surface area contributed by atoms with Gasteiger partial charge in [-0.1, -0.05) is 12.1 Å². The van der Waals surface area contributed by atoms with Gasteiger partial charge in [-0.3, -0.25) is 9.59 Å². The monoisotopic (exact) mass is 1270 g/mol. The highest BCUT2D eigenvalue weighted by Gasteiger charge is 2.46. The number of likely N-dealkylation sites (N-methyl/N-ethyl adjacent to an activating group) is 2. The Hall–Kier alpha value is -5.46. The van der Waals surface area contributed by atoms with E-state index in [4.69, 9.17) is 56.8 Å². The Bertz CT molecular complexity index is 2380. The van der Waals surface area contributed by atoms with Crippen molar-refractivity contribution in [2.45, 2.75) is 69.2 Å². The molecule has 0 saturated carbocycles. The molecule has 0 aliphatic carbocycles. The topological polar surface area (TPSA) is 179 Å². The lowest BCUT2D eigenvalue weighted by atomic mass is 9.86. The van der Waals surface area contributed by atoms with Crippen LogP contribution in [-0.2, 0) is 63.8 Å². The summed E-state index contributed by atoms with van der Waals surface area (Å²) in [5.41, 5.74) is 6.19. The van der Waals surface area contributed by atoms with E-state index in [1.165, 1.54) is 0 Å². The number of benzene rings is 4. The Morgan fingerprint density at radius 1 is 0.493 bits per heavy atom. The van der Waals surface area contributed by atoms with E-state index in [9.17, 15) is 19.2 Å². The van der Waals surface area contributed by atoms with Crippen LogP contribution in [0.3, 0.4) is 0 Å². The number of carbonyl (C=O) groups is 4. The largest absolute Gasteiger partial charge is 1.00 e. The molecule has 0 N–H and O–H groups in total. The van der Waals surface area contributed by atoms with Gasteiger partial charge in [0.05, 0.1) is 97.3 Å². The molecular weight excluding hydrogens is 1200 g/mol. The first-order valence-electron chi connectivity index (χ1n) is 24.4. The number of rotatable bonds is 28. The average Bonchev–Trinajstić information content (AvgIpc) is 3.40. The number of halogens is 2. The maximum Gasteiger partial charge on any atom is 0.353 e. The second-order valence-corrected chi connectivity index (χ2v) is 18.7. The number of quaternary nitrogens is 2. The maximum absolute atomic E-state index is 13.7. The average molecular weight is 1270 g/mol. The van der Waals surface area contributed by atoms with Crippen LogP contribution in [0.2, 0.25) is 0 Å². The van der Waals surface area contributed by atoms with E-state index in [0.29, 0.717) is 113 Å². The molecule has 0 amide bonds. The number of methoxy groups -OCH3 is 8. The van der Waals surface area contributed by atoms with Crippen molar-refractivity contribution in [1.82, 2.24) is 0 Å². The van der Waals surface area contributed by atoms with Crippen LogP contribution in [0.1, 0.15) is 64.7 Å². The van der Waals surface area contributed by atoms with Crippen molar-refractivity contribution in [3.8, 4) is 46.0 Å². The van der Waals surface area contributed by atoms with Gasteiger partial charge < -0.3 is 114 Å². The fraction of sp³-hybridized carbons (Fsp3) is 0.491. The van der Waals surface area contributed by atoms with E-state index in [1.807, 2.05) is 74.8 Å². The molecule has 6 rings (SSSR count). The summed E-state index contributed by atoms with van der Waals surface area (Å²) in [6.45, 7) is 2.21.